The standard InChI is InChI=1S/C16H18N6O2S/c1-2-6-13-19-20-16(25-13)18-15(24)11-9-12(14(17)23)22(21-11)10-7-4-3-5-8-10/h3-5,7-8,12H,2,6,9H2,1H3,(H2,17,23)(H,18,20,24)/t12-/m0/s1. The van der Waals surface area contributed by atoms with Gasteiger partial charge in [0.1, 0.15) is 16.8 Å². The van der Waals surface area contributed by atoms with E-state index < -0.39 is 17.9 Å². The summed E-state index contributed by atoms with van der Waals surface area (Å²) in [4.78, 5) is 24.2. The van der Waals surface area contributed by atoms with Crippen LogP contribution in [0.4, 0.5) is 10.8 Å². The van der Waals surface area contributed by atoms with Crippen LogP contribution in [0.5, 0.6) is 0 Å². The van der Waals surface area contributed by atoms with Gasteiger partial charge in [0.15, 0.2) is 0 Å². The van der Waals surface area contributed by atoms with E-state index >= 15 is 0 Å². The Bertz CT molecular complexity index is 804. The summed E-state index contributed by atoms with van der Waals surface area (Å²) in [5.41, 5.74) is 6.41. The van der Waals surface area contributed by atoms with Gasteiger partial charge in [0.25, 0.3) is 5.91 Å². The number of nitrogens with one attached hydrogen (secondary N) is 1. The summed E-state index contributed by atoms with van der Waals surface area (Å²) in [6.45, 7) is 2.05. The molecule has 130 valence electrons. The highest BCUT2D eigenvalue weighted by molar-refractivity contribution is 7.15. The van der Waals surface area contributed by atoms with Crippen molar-refractivity contribution in [2.24, 2.45) is 10.8 Å². The van der Waals surface area contributed by atoms with Crippen molar-refractivity contribution in [2.75, 3.05) is 10.3 Å². The second-order valence-corrected chi connectivity index (χ2v) is 6.62. The molecule has 8 nitrogen and oxygen atoms in total. The van der Waals surface area contributed by atoms with Crippen molar-refractivity contribution in [3.05, 3.63) is 35.3 Å². The van der Waals surface area contributed by atoms with E-state index in [0.717, 1.165) is 17.8 Å². The number of nitrogens with zero attached hydrogens (tertiary/aromatic N) is 4. The Hall–Kier alpha value is -2.81. The Labute approximate surface area is 148 Å². The molecular weight excluding hydrogens is 340 g/mol. The molecule has 2 amide bonds. The summed E-state index contributed by atoms with van der Waals surface area (Å²) in [7, 11) is 0. The quantitative estimate of drug-likeness (QED) is 0.813. The molecule has 0 unspecified atom stereocenters. The van der Waals surface area contributed by atoms with Gasteiger partial charge in [0.2, 0.25) is 11.0 Å². The molecule has 0 saturated heterocycles. The van der Waals surface area contributed by atoms with Gasteiger partial charge in [-0.2, -0.15) is 5.10 Å². The number of carbonyl (C=O) groups is 2. The minimum Gasteiger partial charge on any atom is -0.368 e. The zero-order valence-corrected chi connectivity index (χ0v) is 14.5. The topological polar surface area (TPSA) is 114 Å². The molecule has 1 aliphatic rings. The Morgan fingerprint density at radius 2 is 2.08 bits per heavy atom. The smallest absolute Gasteiger partial charge is 0.273 e. The molecule has 0 fully saturated rings. The number of anilines is 2. The van der Waals surface area contributed by atoms with Crippen molar-refractivity contribution in [1.82, 2.24) is 10.2 Å². The predicted molar refractivity (Wildman–Crippen MR) is 96.5 cm³/mol. The molecule has 1 aliphatic heterocycles. The summed E-state index contributed by atoms with van der Waals surface area (Å²) >= 11 is 1.33. The lowest BCUT2D eigenvalue weighted by Gasteiger charge is -2.20. The first-order chi connectivity index (χ1) is 12.1. The summed E-state index contributed by atoms with van der Waals surface area (Å²) in [5.74, 6) is -0.930. The lowest BCUT2D eigenvalue weighted by atomic mass is 10.1. The van der Waals surface area contributed by atoms with Gasteiger partial charge in [-0.1, -0.05) is 36.5 Å². The van der Waals surface area contributed by atoms with E-state index in [4.69, 9.17) is 5.73 Å². The van der Waals surface area contributed by atoms with Crippen molar-refractivity contribution in [3.8, 4) is 0 Å². The van der Waals surface area contributed by atoms with Gasteiger partial charge in [-0.25, -0.2) is 0 Å². The first-order valence-corrected chi connectivity index (χ1v) is 8.75. The van der Waals surface area contributed by atoms with Crippen LogP contribution in [0.15, 0.2) is 35.4 Å². The third-order valence-electron chi connectivity index (χ3n) is 3.67. The van der Waals surface area contributed by atoms with Crippen LogP contribution < -0.4 is 16.1 Å². The average Bonchev–Trinajstić information content (AvgIpc) is 3.23. The van der Waals surface area contributed by atoms with Gasteiger partial charge in [0, 0.05) is 12.8 Å². The van der Waals surface area contributed by atoms with Gasteiger partial charge < -0.3 is 5.73 Å². The van der Waals surface area contributed by atoms with Crippen molar-refractivity contribution >= 4 is 39.7 Å². The summed E-state index contributed by atoms with van der Waals surface area (Å²) in [5, 5.41) is 17.7. The fourth-order valence-corrected chi connectivity index (χ4v) is 3.31. The zero-order valence-electron chi connectivity index (χ0n) is 13.7. The molecule has 1 aromatic heterocycles. The maximum absolute atomic E-state index is 12.4. The Morgan fingerprint density at radius 3 is 2.76 bits per heavy atom. The van der Waals surface area contributed by atoms with Crippen LogP contribution in [0, 0.1) is 0 Å². The molecule has 2 heterocycles. The molecule has 25 heavy (non-hydrogen) atoms. The number of hydrogen-bond acceptors (Lipinski definition) is 7. The van der Waals surface area contributed by atoms with E-state index in [1.54, 1.807) is 0 Å². The van der Waals surface area contributed by atoms with Crippen LogP contribution in [0.1, 0.15) is 24.8 Å². The van der Waals surface area contributed by atoms with E-state index in [2.05, 4.69) is 27.5 Å². The molecule has 3 N–H and O–H groups in total. The number of hydrogen-bond donors (Lipinski definition) is 2. The Kier molecular flexibility index (Phi) is 5.03. The minimum atomic E-state index is -0.687. The molecule has 0 saturated carbocycles. The monoisotopic (exact) mass is 358 g/mol. The van der Waals surface area contributed by atoms with E-state index in [1.165, 1.54) is 16.3 Å². The number of benzene rings is 1. The van der Waals surface area contributed by atoms with Gasteiger partial charge in [-0.15, -0.1) is 10.2 Å². The summed E-state index contributed by atoms with van der Waals surface area (Å²) in [6.07, 6.45) is 1.93. The van der Waals surface area contributed by atoms with Crippen molar-refractivity contribution in [3.63, 3.8) is 0 Å². The van der Waals surface area contributed by atoms with Crippen LogP contribution in [0.3, 0.4) is 0 Å². The Balaban J connectivity index is 1.76. The molecule has 3 rings (SSSR count). The first kappa shape index (κ1) is 17.0. The van der Waals surface area contributed by atoms with Gasteiger partial charge in [-0.3, -0.25) is 19.9 Å². The third-order valence-corrected chi connectivity index (χ3v) is 4.57. The maximum atomic E-state index is 12.4. The fourth-order valence-electron chi connectivity index (χ4n) is 2.48. The van der Waals surface area contributed by atoms with Crippen LogP contribution in [0.25, 0.3) is 0 Å². The molecule has 1 atom stereocenters. The number of carbonyl (C=O) groups excluding carboxylic acids is 2. The lowest BCUT2D eigenvalue weighted by Crippen LogP contribution is -2.39. The van der Waals surface area contributed by atoms with Crippen LogP contribution in [-0.2, 0) is 16.0 Å². The number of nitrogens with two attached hydrogens (primary N) is 1. The second-order valence-electron chi connectivity index (χ2n) is 5.55. The maximum Gasteiger partial charge on any atom is 0.273 e. The SMILES string of the molecule is CCCc1nnc(NC(=O)C2=NN(c3ccccc3)[C@H](C(N)=O)C2)s1. The number of rotatable bonds is 6. The zero-order chi connectivity index (χ0) is 17.8. The van der Waals surface area contributed by atoms with E-state index in [9.17, 15) is 9.59 Å². The summed E-state index contributed by atoms with van der Waals surface area (Å²) in [6, 6.07) is 8.45. The lowest BCUT2D eigenvalue weighted by molar-refractivity contribution is -0.119. The van der Waals surface area contributed by atoms with Crippen LogP contribution in [-0.4, -0.2) is 33.8 Å². The number of hydrazone groups is 1. The summed E-state index contributed by atoms with van der Waals surface area (Å²) < 4.78 is 0. The number of amides is 2. The minimum absolute atomic E-state index is 0.149. The fraction of sp³-hybridized carbons (Fsp3) is 0.312. The van der Waals surface area contributed by atoms with Crippen molar-refractivity contribution in [1.29, 1.82) is 0 Å². The van der Waals surface area contributed by atoms with Gasteiger partial charge >= 0.3 is 0 Å². The first-order valence-electron chi connectivity index (χ1n) is 7.93. The number of aromatic nitrogens is 2. The third kappa shape index (κ3) is 3.82. The van der Waals surface area contributed by atoms with Crippen molar-refractivity contribution < 1.29 is 9.59 Å². The molecule has 2 aromatic rings. The molecular formula is C16H18N6O2S. The van der Waals surface area contributed by atoms with Crippen LogP contribution in [0.2, 0.25) is 0 Å². The molecule has 0 radical (unpaired) electrons. The number of para-hydroxylation sites is 1. The van der Waals surface area contributed by atoms with E-state index in [-0.39, 0.29) is 12.1 Å². The highest BCUT2D eigenvalue weighted by Gasteiger charge is 2.35. The molecule has 0 aliphatic carbocycles. The largest absolute Gasteiger partial charge is 0.368 e. The number of primary amides is 1. The molecule has 0 bridgehead atoms. The molecule has 0 spiro atoms. The molecule has 1 aromatic carbocycles. The van der Waals surface area contributed by atoms with Crippen molar-refractivity contribution in [2.45, 2.75) is 32.2 Å². The second kappa shape index (κ2) is 7.39. The normalized spacial score (nSPS) is 16.6. The highest BCUT2D eigenvalue weighted by Crippen LogP contribution is 2.25. The average molecular weight is 358 g/mol. The van der Waals surface area contributed by atoms with E-state index in [1.807, 2.05) is 30.3 Å². The van der Waals surface area contributed by atoms with E-state index in [0.29, 0.717) is 10.8 Å². The molecule has 9 heteroatoms. The highest BCUT2D eigenvalue weighted by atomic mass is 32.1. The predicted octanol–water partition coefficient (Wildman–Crippen LogP) is 1.55. The van der Waals surface area contributed by atoms with Gasteiger partial charge in [-0.05, 0) is 18.6 Å². The van der Waals surface area contributed by atoms with Gasteiger partial charge in [0.05, 0.1) is 5.69 Å². The Morgan fingerprint density at radius 1 is 1.32 bits per heavy atom. The number of aryl methyl sites for hydroxylation is 1. The van der Waals surface area contributed by atoms with Crippen LogP contribution >= 0.6 is 11.3 Å².